The second kappa shape index (κ2) is 6.86. The molecule has 1 amide bonds. The van der Waals surface area contributed by atoms with E-state index < -0.39 is 36.3 Å². The molecule has 0 saturated heterocycles. The number of amides is 1. The Labute approximate surface area is 151 Å². The van der Waals surface area contributed by atoms with Gasteiger partial charge in [0.1, 0.15) is 6.04 Å². The Morgan fingerprint density at radius 2 is 1.70 bits per heavy atom. The number of aliphatic carboxylic acids is 1. The van der Waals surface area contributed by atoms with Crippen molar-refractivity contribution in [1.82, 2.24) is 5.32 Å². The van der Waals surface area contributed by atoms with Crippen LogP contribution in [0.4, 0.5) is 13.2 Å². The van der Waals surface area contributed by atoms with Crippen LogP contribution < -0.4 is 5.32 Å². The Hall–Kier alpha value is -3.16. The fourth-order valence-corrected chi connectivity index (χ4v) is 3.06. The van der Waals surface area contributed by atoms with Crippen LogP contribution in [0.15, 0.2) is 42.5 Å². The average Bonchev–Trinajstić information content (AvgIpc) is 2.97. The minimum Gasteiger partial charge on any atom is -0.480 e. The zero-order chi connectivity index (χ0) is 19.8. The van der Waals surface area contributed by atoms with Gasteiger partial charge < -0.3 is 10.4 Å². The molecule has 2 aromatic rings. The normalized spacial score (nSPS) is 13.4. The summed E-state index contributed by atoms with van der Waals surface area (Å²) in [6, 6.07) is 10.6. The Balaban J connectivity index is 1.77. The standard InChI is InChI=1S/C19H14F3NO4/c20-19(21,22)18(27)23-15(17(25)26)9-16(24)11-5-6-14-12(8-11)7-10-3-1-2-4-13(10)14/h1-6,8,15H,7,9H2,(H,23,27)(H,25,26)/t15-/m0/s1. The summed E-state index contributed by atoms with van der Waals surface area (Å²) in [5.41, 5.74) is 4.18. The summed E-state index contributed by atoms with van der Waals surface area (Å²) in [6.07, 6.45) is -5.39. The minimum absolute atomic E-state index is 0.189. The molecule has 1 aliphatic rings. The highest BCUT2D eigenvalue weighted by atomic mass is 19.4. The number of hydrogen-bond donors (Lipinski definition) is 2. The number of fused-ring (bicyclic) bond motifs is 3. The molecule has 0 unspecified atom stereocenters. The van der Waals surface area contributed by atoms with E-state index in [1.807, 2.05) is 24.3 Å². The Bertz CT molecular complexity index is 937. The van der Waals surface area contributed by atoms with E-state index in [4.69, 9.17) is 5.11 Å². The SMILES string of the molecule is O=C(C[C@H](NC(=O)C(F)(F)F)C(=O)O)c1ccc2c(c1)Cc1ccccc1-2. The van der Waals surface area contributed by atoms with Crippen molar-refractivity contribution in [2.75, 3.05) is 0 Å². The van der Waals surface area contributed by atoms with Crippen molar-refractivity contribution in [3.63, 3.8) is 0 Å². The van der Waals surface area contributed by atoms with Crippen molar-refractivity contribution in [3.8, 4) is 11.1 Å². The first-order chi connectivity index (χ1) is 12.7. The van der Waals surface area contributed by atoms with E-state index in [1.54, 1.807) is 12.1 Å². The molecule has 1 atom stereocenters. The quantitative estimate of drug-likeness (QED) is 0.670. The van der Waals surface area contributed by atoms with Crippen molar-refractivity contribution in [3.05, 3.63) is 59.2 Å². The van der Waals surface area contributed by atoms with E-state index in [9.17, 15) is 27.6 Å². The molecule has 27 heavy (non-hydrogen) atoms. The highest BCUT2D eigenvalue weighted by Gasteiger charge is 2.41. The zero-order valence-corrected chi connectivity index (χ0v) is 13.8. The van der Waals surface area contributed by atoms with Crippen molar-refractivity contribution < 1.29 is 32.7 Å². The molecular formula is C19H14F3NO4. The van der Waals surface area contributed by atoms with Crippen LogP contribution >= 0.6 is 0 Å². The van der Waals surface area contributed by atoms with Crippen LogP contribution in [0.3, 0.4) is 0 Å². The molecule has 0 saturated carbocycles. The van der Waals surface area contributed by atoms with E-state index >= 15 is 0 Å². The molecule has 0 heterocycles. The third-order valence-corrected chi connectivity index (χ3v) is 4.37. The van der Waals surface area contributed by atoms with Crippen molar-refractivity contribution in [2.45, 2.75) is 25.1 Å². The second-order valence-electron chi connectivity index (χ2n) is 6.20. The third-order valence-electron chi connectivity index (χ3n) is 4.37. The maximum Gasteiger partial charge on any atom is 0.471 e. The lowest BCUT2D eigenvalue weighted by atomic mass is 9.98. The van der Waals surface area contributed by atoms with Crippen LogP contribution in [-0.2, 0) is 16.0 Å². The van der Waals surface area contributed by atoms with Crippen LogP contribution in [0.5, 0.6) is 0 Å². The van der Waals surface area contributed by atoms with Crippen LogP contribution in [0, 0.1) is 0 Å². The van der Waals surface area contributed by atoms with E-state index in [-0.39, 0.29) is 5.56 Å². The summed E-state index contributed by atoms with van der Waals surface area (Å²) in [4.78, 5) is 34.5. The number of carboxylic acid groups (broad SMARTS) is 1. The minimum atomic E-state index is -5.23. The number of carbonyl (C=O) groups excluding carboxylic acids is 2. The first kappa shape index (κ1) is 18.6. The summed E-state index contributed by atoms with van der Waals surface area (Å²) in [5.74, 6) is -4.77. The van der Waals surface area contributed by atoms with E-state index in [2.05, 4.69) is 0 Å². The van der Waals surface area contributed by atoms with E-state index in [1.165, 1.54) is 11.4 Å². The lowest BCUT2D eigenvalue weighted by Gasteiger charge is -2.15. The van der Waals surface area contributed by atoms with Crippen LogP contribution in [0.2, 0.25) is 0 Å². The van der Waals surface area contributed by atoms with E-state index in [0.717, 1.165) is 22.3 Å². The predicted molar refractivity (Wildman–Crippen MR) is 89.3 cm³/mol. The maximum atomic E-state index is 12.4. The van der Waals surface area contributed by atoms with Gasteiger partial charge in [-0.1, -0.05) is 36.4 Å². The average molecular weight is 377 g/mol. The Kier molecular flexibility index (Phi) is 4.73. The van der Waals surface area contributed by atoms with Gasteiger partial charge in [0, 0.05) is 12.0 Å². The predicted octanol–water partition coefficient (Wildman–Crippen LogP) is 2.96. The number of carbonyl (C=O) groups is 3. The lowest BCUT2D eigenvalue weighted by molar-refractivity contribution is -0.175. The third kappa shape index (κ3) is 3.84. The largest absolute Gasteiger partial charge is 0.480 e. The molecule has 2 N–H and O–H groups in total. The first-order valence-electron chi connectivity index (χ1n) is 8.01. The van der Waals surface area contributed by atoms with Gasteiger partial charge in [0.25, 0.3) is 0 Å². The zero-order valence-electron chi connectivity index (χ0n) is 13.8. The molecular weight excluding hydrogens is 363 g/mol. The summed E-state index contributed by atoms with van der Waals surface area (Å²) in [7, 11) is 0. The molecule has 2 aromatic carbocycles. The fraction of sp³-hybridized carbons (Fsp3) is 0.211. The number of hydrogen-bond acceptors (Lipinski definition) is 3. The Morgan fingerprint density at radius 1 is 1.04 bits per heavy atom. The summed E-state index contributed by atoms with van der Waals surface area (Å²) in [5, 5.41) is 10.4. The van der Waals surface area contributed by atoms with Crippen LogP contribution in [-0.4, -0.2) is 35.0 Å². The molecule has 3 rings (SSSR count). The van der Waals surface area contributed by atoms with Gasteiger partial charge in [0.15, 0.2) is 5.78 Å². The van der Waals surface area contributed by atoms with Gasteiger partial charge >= 0.3 is 18.1 Å². The molecule has 0 aliphatic heterocycles. The van der Waals surface area contributed by atoms with Gasteiger partial charge in [-0.3, -0.25) is 9.59 Å². The lowest BCUT2D eigenvalue weighted by Crippen LogP contribution is -2.47. The number of alkyl halides is 3. The number of halogens is 3. The maximum absolute atomic E-state index is 12.4. The number of benzene rings is 2. The molecule has 1 aliphatic carbocycles. The van der Waals surface area contributed by atoms with Crippen LogP contribution in [0.1, 0.15) is 27.9 Å². The highest BCUT2D eigenvalue weighted by molar-refractivity contribution is 6.00. The summed E-state index contributed by atoms with van der Waals surface area (Å²) in [6.45, 7) is 0. The smallest absolute Gasteiger partial charge is 0.471 e. The summed E-state index contributed by atoms with van der Waals surface area (Å²) < 4.78 is 37.0. The summed E-state index contributed by atoms with van der Waals surface area (Å²) >= 11 is 0. The molecule has 0 spiro atoms. The van der Waals surface area contributed by atoms with Crippen molar-refractivity contribution in [1.29, 1.82) is 0 Å². The molecule has 0 fully saturated rings. The molecule has 0 radical (unpaired) electrons. The van der Waals surface area contributed by atoms with Crippen LogP contribution in [0.25, 0.3) is 11.1 Å². The Morgan fingerprint density at radius 3 is 2.37 bits per heavy atom. The van der Waals surface area contributed by atoms with Gasteiger partial charge in [0.2, 0.25) is 0 Å². The number of carboxylic acids is 1. The van der Waals surface area contributed by atoms with Gasteiger partial charge in [0.05, 0.1) is 0 Å². The number of rotatable bonds is 5. The molecule has 140 valence electrons. The fourth-order valence-electron chi connectivity index (χ4n) is 3.06. The van der Waals surface area contributed by atoms with Crippen molar-refractivity contribution in [2.24, 2.45) is 0 Å². The number of Topliss-reactive ketones (excluding diaryl/α,β-unsaturated/α-hetero) is 1. The molecule has 0 aromatic heterocycles. The topological polar surface area (TPSA) is 83.5 Å². The first-order valence-corrected chi connectivity index (χ1v) is 8.01. The molecule has 0 bridgehead atoms. The molecule has 5 nitrogen and oxygen atoms in total. The monoisotopic (exact) mass is 377 g/mol. The van der Waals surface area contributed by atoms with Gasteiger partial charge in [-0.05, 0) is 34.7 Å². The highest BCUT2D eigenvalue weighted by Crippen LogP contribution is 2.36. The molecule has 8 heteroatoms. The second-order valence-corrected chi connectivity index (χ2v) is 6.20. The van der Waals surface area contributed by atoms with E-state index in [0.29, 0.717) is 6.42 Å². The number of ketones is 1. The van der Waals surface area contributed by atoms with Gasteiger partial charge in [-0.15, -0.1) is 0 Å². The van der Waals surface area contributed by atoms with Crippen molar-refractivity contribution >= 4 is 17.7 Å². The van der Waals surface area contributed by atoms with Gasteiger partial charge in [-0.25, -0.2) is 4.79 Å². The number of nitrogens with one attached hydrogen (secondary N) is 1. The van der Waals surface area contributed by atoms with Gasteiger partial charge in [-0.2, -0.15) is 13.2 Å².